The van der Waals surface area contributed by atoms with Gasteiger partial charge < -0.3 is 10.2 Å². The largest absolute Gasteiger partial charge is 0.344 e. The van der Waals surface area contributed by atoms with Gasteiger partial charge in [0.1, 0.15) is 0 Å². The molecule has 0 spiro atoms. The predicted octanol–water partition coefficient (Wildman–Crippen LogP) is 3.51. The Morgan fingerprint density at radius 2 is 1.80 bits per heavy atom. The first kappa shape index (κ1) is 17.1. The summed E-state index contributed by atoms with van der Waals surface area (Å²) in [6, 6.07) is 9.18. The fourth-order valence-corrected chi connectivity index (χ4v) is 6.54. The third kappa shape index (κ3) is 2.81. The topological polar surface area (TPSA) is 32.3 Å². The summed E-state index contributed by atoms with van der Waals surface area (Å²) < 4.78 is 0. The van der Waals surface area contributed by atoms with Gasteiger partial charge in [-0.25, -0.2) is 0 Å². The van der Waals surface area contributed by atoms with Gasteiger partial charge in [0.05, 0.1) is 5.41 Å². The minimum atomic E-state index is -0.0997. The van der Waals surface area contributed by atoms with Crippen molar-refractivity contribution in [1.82, 2.24) is 10.2 Å². The predicted molar refractivity (Wildman–Crippen MR) is 102 cm³/mol. The van der Waals surface area contributed by atoms with Gasteiger partial charge in [-0.2, -0.15) is 0 Å². The van der Waals surface area contributed by atoms with Gasteiger partial charge in [-0.15, -0.1) is 0 Å². The van der Waals surface area contributed by atoms with Gasteiger partial charge in [0.15, 0.2) is 0 Å². The molecule has 0 aromatic heterocycles. The molecular weight excluding hydrogens is 308 g/mol. The summed E-state index contributed by atoms with van der Waals surface area (Å²) in [6.45, 7) is 3.84. The van der Waals surface area contributed by atoms with Gasteiger partial charge >= 0.3 is 0 Å². The number of nitrogens with zero attached hydrogens (tertiary/aromatic N) is 1. The molecule has 0 heterocycles. The maximum Gasteiger partial charge on any atom is 0.228 e. The maximum absolute atomic E-state index is 13.4. The summed E-state index contributed by atoms with van der Waals surface area (Å²) in [5.41, 5.74) is 2.96. The van der Waals surface area contributed by atoms with E-state index in [0.29, 0.717) is 5.91 Å². The molecule has 1 aromatic carbocycles. The van der Waals surface area contributed by atoms with Crippen LogP contribution in [0, 0.1) is 24.2 Å². The molecule has 1 amide bonds. The van der Waals surface area contributed by atoms with Crippen LogP contribution in [0.25, 0.3) is 0 Å². The normalized spacial score (nSPS) is 35.8. The number of rotatable bonds is 5. The first-order valence-corrected chi connectivity index (χ1v) is 9.94. The van der Waals surface area contributed by atoms with Crippen molar-refractivity contribution in [2.75, 3.05) is 27.2 Å². The van der Waals surface area contributed by atoms with Crippen LogP contribution in [0.5, 0.6) is 0 Å². The van der Waals surface area contributed by atoms with Gasteiger partial charge in [-0.05, 0) is 75.3 Å². The molecule has 4 aliphatic rings. The quantitative estimate of drug-likeness (QED) is 0.889. The fourth-order valence-electron chi connectivity index (χ4n) is 6.54. The van der Waals surface area contributed by atoms with Crippen LogP contribution in [0.15, 0.2) is 24.3 Å². The molecule has 3 nitrogen and oxygen atoms in total. The van der Waals surface area contributed by atoms with Gasteiger partial charge in [0, 0.05) is 20.1 Å². The van der Waals surface area contributed by atoms with E-state index in [-0.39, 0.29) is 10.8 Å². The highest BCUT2D eigenvalue weighted by Gasteiger charge is 2.61. The molecule has 5 rings (SSSR count). The Labute approximate surface area is 152 Å². The van der Waals surface area contributed by atoms with Crippen molar-refractivity contribution in [3.63, 3.8) is 0 Å². The maximum atomic E-state index is 13.4. The number of amides is 1. The number of likely N-dealkylation sites (N-methyl/N-ethyl adjacent to an activating group) is 2. The molecule has 4 fully saturated rings. The number of hydrogen-bond donors (Lipinski definition) is 1. The second kappa shape index (κ2) is 6.12. The monoisotopic (exact) mass is 340 g/mol. The van der Waals surface area contributed by atoms with E-state index < -0.39 is 0 Å². The Morgan fingerprint density at radius 1 is 1.16 bits per heavy atom. The highest BCUT2D eigenvalue weighted by Crippen LogP contribution is 2.66. The molecular formula is C22H32N2O. The van der Waals surface area contributed by atoms with Crippen LogP contribution in [-0.2, 0) is 10.2 Å². The van der Waals surface area contributed by atoms with Crippen molar-refractivity contribution >= 4 is 5.91 Å². The van der Waals surface area contributed by atoms with E-state index in [2.05, 4.69) is 36.5 Å². The van der Waals surface area contributed by atoms with Crippen LogP contribution in [0.4, 0.5) is 0 Å². The number of carbonyl (C=O) groups excluding carboxylic acids is 1. The summed E-state index contributed by atoms with van der Waals surface area (Å²) >= 11 is 0. The standard InChI is InChI=1S/C22H32N2O/c1-16-4-6-19(7-5-16)21-11-17-10-18(12-21)14-22(13-17,15-21)20(25)24(3)9-8-23-2/h4-7,17-18,23H,8-15H2,1-3H3. The molecule has 0 saturated heterocycles. The molecule has 1 aromatic rings. The van der Waals surface area contributed by atoms with Crippen molar-refractivity contribution in [3.8, 4) is 0 Å². The van der Waals surface area contributed by atoms with Gasteiger partial charge in [-0.1, -0.05) is 29.8 Å². The van der Waals surface area contributed by atoms with Crippen molar-refractivity contribution in [3.05, 3.63) is 35.4 Å². The fraction of sp³-hybridized carbons (Fsp3) is 0.682. The van der Waals surface area contributed by atoms with Crippen LogP contribution in [0.3, 0.4) is 0 Å². The van der Waals surface area contributed by atoms with E-state index in [1.54, 1.807) is 0 Å². The molecule has 4 bridgehead atoms. The van der Waals surface area contributed by atoms with E-state index in [9.17, 15) is 4.79 Å². The van der Waals surface area contributed by atoms with Crippen LogP contribution in [-0.4, -0.2) is 38.0 Å². The van der Waals surface area contributed by atoms with Crippen LogP contribution in [0.1, 0.15) is 49.7 Å². The summed E-state index contributed by atoms with van der Waals surface area (Å²) in [4.78, 5) is 15.4. The smallest absolute Gasteiger partial charge is 0.228 e. The van der Waals surface area contributed by atoms with Crippen LogP contribution >= 0.6 is 0 Å². The van der Waals surface area contributed by atoms with E-state index in [4.69, 9.17) is 0 Å². The lowest BCUT2D eigenvalue weighted by Gasteiger charge is -2.62. The summed E-state index contributed by atoms with van der Waals surface area (Å²) in [7, 11) is 3.95. The van der Waals surface area contributed by atoms with Gasteiger partial charge in [0.2, 0.25) is 5.91 Å². The number of carbonyl (C=O) groups is 1. The first-order valence-electron chi connectivity index (χ1n) is 9.94. The highest BCUT2D eigenvalue weighted by atomic mass is 16.2. The van der Waals surface area contributed by atoms with E-state index in [0.717, 1.165) is 44.2 Å². The Hall–Kier alpha value is -1.35. The number of benzene rings is 1. The number of hydrogen-bond acceptors (Lipinski definition) is 2. The zero-order valence-electron chi connectivity index (χ0n) is 16.0. The third-order valence-electron chi connectivity index (χ3n) is 7.22. The first-order chi connectivity index (χ1) is 12.0. The molecule has 4 saturated carbocycles. The van der Waals surface area contributed by atoms with E-state index in [1.165, 1.54) is 30.4 Å². The molecule has 3 heteroatoms. The van der Waals surface area contributed by atoms with Gasteiger partial charge in [-0.3, -0.25) is 4.79 Å². The van der Waals surface area contributed by atoms with Gasteiger partial charge in [0.25, 0.3) is 0 Å². The number of aryl methyl sites for hydroxylation is 1. The Morgan fingerprint density at radius 3 is 2.40 bits per heavy atom. The minimum Gasteiger partial charge on any atom is -0.344 e. The average Bonchev–Trinajstić information content (AvgIpc) is 2.58. The second-order valence-corrected chi connectivity index (χ2v) is 9.22. The Balaban J connectivity index is 1.65. The Kier molecular flexibility index (Phi) is 4.18. The van der Waals surface area contributed by atoms with Crippen molar-refractivity contribution in [1.29, 1.82) is 0 Å². The van der Waals surface area contributed by atoms with E-state index in [1.807, 2.05) is 19.0 Å². The lowest BCUT2D eigenvalue weighted by molar-refractivity contribution is -0.158. The summed E-state index contributed by atoms with van der Waals surface area (Å²) in [5, 5.41) is 3.17. The lowest BCUT2D eigenvalue weighted by Crippen LogP contribution is -2.59. The van der Waals surface area contributed by atoms with E-state index >= 15 is 0 Å². The molecule has 25 heavy (non-hydrogen) atoms. The molecule has 0 aliphatic heterocycles. The van der Waals surface area contributed by atoms with Crippen LogP contribution < -0.4 is 5.32 Å². The van der Waals surface area contributed by atoms with Crippen molar-refractivity contribution in [2.24, 2.45) is 17.3 Å². The molecule has 2 unspecified atom stereocenters. The minimum absolute atomic E-state index is 0.0997. The summed E-state index contributed by atoms with van der Waals surface area (Å²) in [5.74, 6) is 1.89. The molecule has 136 valence electrons. The van der Waals surface area contributed by atoms with Crippen LogP contribution in [0.2, 0.25) is 0 Å². The zero-order valence-corrected chi connectivity index (χ0v) is 16.0. The highest BCUT2D eigenvalue weighted by molar-refractivity contribution is 5.83. The average molecular weight is 341 g/mol. The molecule has 0 radical (unpaired) electrons. The second-order valence-electron chi connectivity index (χ2n) is 9.22. The molecule has 2 atom stereocenters. The molecule has 1 N–H and O–H groups in total. The zero-order chi connectivity index (χ0) is 17.7. The number of nitrogens with one attached hydrogen (secondary N) is 1. The summed E-state index contributed by atoms with van der Waals surface area (Å²) in [6.07, 6.45) is 7.25. The van der Waals surface area contributed by atoms with Crippen molar-refractivity contribution in [2.45, 2.75) is 50.9 Å². The molecule has 4 aliphatic carbocycles. The SMILES string of the molecule is CNCCN(C)C(=O)C12CC3CC(C1)CC(c1ccc(C)cc1)(C3)C2. The lowest BCUT2D eigenvalue weighted by atomic mass is 9.42. The third-order valence-corrected chi connectivity index (χ3v) is 7.22. The Bertz CT molecular complexity index is 636. The van der Waals surface area contributed by atoms with Crippen molar-refractivity contribution < 1.29 is 4.79 Å².